The number of aromatic nitrogens is 3. The fourth-order valence-corrected chi connectivity index (χ4v) is 4.02. The number of likely N-dealkylation sites (tertiary alicyclic amines) is 1. The number of carbonyl (C=O) groups excluding carboxylic acids is 1. The zero-order valence-electron chi connectivity index (χ0n) is 15.5. The number of nitrogens with one attached hydrogen (secondary N) is 1. The van der Waals surface area contributed by atoms with Crippen LogP contribution in [0.3, 0.4) is 0 Å². The van der Waals surface area contributed by atoms with Gasteiger partial charge in [-0.25, -0.2) is 0 Å². The van der Waals surface area contributed by atoms with Gasteiger partial charge >= 0.3 is 0 Å². The summed E-state index contributed by atoms with van der Waals surface area (Å²) >= 11 is 0. The standard InChI is InChI=1S/C21H22N4O2/c1-4-18(27)25-10-9-21(3,12-25)19-13(2)15-11-16(23-24-20(15)22-19)14-7-5-6-8-17(14)26/h4-8,11,26H,1,9-10,12H2,2-3H3,(H,22,24). The van der Waals surface area contributed by atoms with E-state index in [1.807, 2.05) is 23.1 Å². The third-order valence-corrected chi connectivity index (χ3v) is 5.56. The molecule has 6 nitrogen and oxygen atoms in total. The number of aromatic amines is 1. The SMILES string of the molecule is C=CC(=O)N1CCC(C)(c2[nH]c3nnc(-c4ccccc4O)cc3c2C)C1. The quantitative estimate of drug-likeness (QED) is 0.700. The molecule has 1 aliphatic heterocycles. The number of amides is 1. The number of phenols is 1. The lowest BCUT2D eigenvalue weighted by molar-refractivity contribution is -0.125. The van der Waals surface area contributed by atoms with Gasteiger partial charge in [0.25, 0.3) is 0 Å². The minimum atomic E-state index is -0.168. The Morgan fingerprint density at radius 3 is 2.89 bits per heavy atom. The molecule has 138 valence electrons. The summed E-state index contributed by atoms with van der Waals surface area (Å²) in [6, 6.07) is 9.06. The summed E-state index contributed by atoms with van der Waals surface area (Å²) in [5.74, 6) is 0.148. The lowest BCUT2D eigenvalue weighted by atomic mass is 9.84. The van der Waals surface area contributed by atoms with Gasteiger partial charge in [0.1, 0.15) is 5.75 Å². The van der Waals surface area contributed by atoms with Gasteiger partial charge < -0.3 is 15.0 Å². The molecule has 0 radical (unpaired) electrons. The minimum absolute atomic E-state index is 0.0332. The number of phenolic OH excluding ortho intramolecular Hbond substituents is 1. The van der Waals surface area contributed by atoms with Crippen LogP contribution in [0, 0.1) is 6.92 Å². The number of fused-ring (bicyclic) bond motifs is 1. The van der Waals surface area contributed by atoms with Crippen molar-refractivity contribution in [3.8, 4) is 17.0 Å². The first kappa shape index (κ1) is 17.3. The molecule has 0 spiro atoms. The Kier molecular flexibility index (Phi) is 3.98. The summed E-state index contributed by atoms with van der Waals surface area (Å²) in [5, 5.41) is 19.7. The molecule has 1 amide bonds. The van der Waals surface area contributed by atoms with Crippen molar-refractivity contribution in [2.75, 3.05) is 13.1 Å². The number of aromatic hydroxyl groups is 1. The molecule has 3 heterocycles. The Morgan fingerprint density at radius 2 is 2.15 bits per heavy atom. The van der Waals surface area contributed by atoms with Gasteiger partial charge in [-0.05, 0) is 43.2 Å². The first-order chi connectivity index (χ1) is 12.9. The van der Waals surface area contributed by atoms with Crippen molar-refractivity contribution in [2.45, 2.75) is 25.7 Å². The fraction of sp³-hybridized carbons (Fsp3) is 0.286. The zero-order chi connectivity index (χ0) is 19.2. The second-order valence-electron chi connectivity index (χ2n) is 7.41. The summed E-state index contributed by atoms with van der Waals surface area (Å²) in [6.07, 6.45) is 2.24. The molecule has 1 unspecified atom stereocenters. The van der Waals surface area contributed by atoms with E-state index >= 15 is 0 Å². The molecule has 0 saturated carbocycles. The van der Waals surface area contributed by atoms with E-state index in [0.717, 1.165) is 28.7 Å². The van der Waals surface area contributed by atoms with E-state index in [4.69, 9.17) is 0 Å². The summed E-state index contributed by atoms with van der Waals surface area (Å²) in [4.78, 5) is 17.2. The lowest BCUT2D eigenvalue weighted by Crippen LogP contribution is -2.32. The van der Waals surface area contributed by atoms with Crippen LogP contribution in [0.25, 0.3) is 22.3 Å². The van der Waals surface area contributed by atoms with Crippen LogP contribution in [0.2, 0.25) is 0 Å². The van der Waals surface area contributed by atoms with Gasteiger partial charge in [-0.1, -0.05) is 25.6 Å². The normalized spacial score (nSPS) is 19.6. The van der Waals surface area contributed by atoms with Crippen LogP contribution in [0.5, 0.6) is 5.75 Å². The highest BCUT2D eigenvalue weighted by Crippen LogP contribution is 2.38. The van der Waals surface area contributed by atoms with Crippen LogP contribution in [0.4, 0.5) is 0 Å². The van der Waals surface area contributed by atoms with Gasteiger partial charge in [0, 0.05) is 35.1 Å². The van der Waals surface area contributed by atoms with E-state index in [1.54, 1.807) is 12.1 Å². The van der Waals surface area contributed by atoms with Crippen LogP contribution in [0.1, 0.15) is 24.6 Å². The fourth-order valence-electron chi connectivity index (χ4n) is 4.02. The van der Waals surface area contributed by atoms with Gasteiger partial charge in [-0.15, -0.1) is 10.2 Å². The molecule has 1 saturated heterocycles. The predicted molar refractivity (Wildman–Crippen MR) is 104 cm³/mol. The van der Waals surface area contributed by atoms with Crippen molar-refractivity contribution in [1.82, 2.24) is 20.1 Å². The largest absolute Gasteiger partial charge is 0.507 e. The monoisotopic (exact) mass is 362 g/mol. The number of aryl methyl sites for hydroxylation is 1. The van der Waals surface area contributed by atoms with E-state index in [2.05, 4.69) is 35.6 Å². The predicted octanol–water partition coefficient (Wildman–Crippen LogP) is 3.31. The third kappa shape index (κ3) is 2.77. The third-order valence-electron chi connectivity index (χ3n) is 5.56. The number of carbonyl (C=O) groups is 1. The zero-order valence-corrected chi connectivity index (χ0v) is 15.5. The highest BCUT2D eigenvalue weighted by Gasteiger charge is 2.39. The molecule has 1 atom stereocenters. The summed E-state index contributed by atoms with van der Waals surface area (Å²) < 4.78 is 0. The number of nitrogens with zero attached hydrogens (tertiary/aromatic N) is 3. The molecule has 6 heteroatoms. The van der Waals surface area contributed by atoms with Crippen LogP contribution >= 0.6 is 0 Å². The average Bonchev–Trinajstić information content (AvgIpc) is 3.23. The number of para-hydroxylation sites is 1. The summed E-state index contributed by atoms with van der Waals surface area (Å²) in [7, 11) is 0. The van der Waals surface area contributed by atoms with Gasteiger partial charge in [0.2, 0.25) is 5.91 Å². The maximum Gasteiger partial charge on any atom is 0.245 e. The van der Waals surface area contributed by atoms with Crippen molar-refractivity contribution in [1.29, 1.82) is 0 Å². The topological polar surface area (TPSA) is 82.1 Å². The molecule has 0 bridgehead atoms. The number of benzene rings is 1. The minimum Gasteiger partial charge on any atom is -0.507 e. The van der Waals surface area contributed by atoms with Gasteiger partial charge in [0.05, 0.1) is 5.69 Å². The molecule has 1 aliphatic rings. The van der Waals surface area contributed by atoms with Crippen LogP contribution in [-0.2, 0) is 10.2 Å². The Balaban J connectivity index is 1.76. The Hall–Kier alpha value is -3.15. The maximum atomic E-state index is 12.0. The van der Waals surface area contributed by atoms with Gasteiger partial charge in [0.15, 0.2) is 5.65 Å². The second-order valence-corrected chi connectivity index (χ2v) is 7.41. The summed E-state index contributed by atoms with van der Waals surface area (Å²) in [5.41, 5.74) is 4.03. The first-order valence-corrected chi connectivity index (χ1v) is 8.99. The van der Waals surface area contributed by atoms with Crippen molar-refractivity contribution in [3.63, 3.8) is 0 Å². The second kappa shape index (κ2) is 6.23. The summed E-state index contributed by atoms with van der Waals surface area (Å²) in [6.45, 7) is 9.17. The molecule has 2 aromatic heterocycles. The van der Waals surface area contributed by atoms with E-state index in [9.17, 15) is 9.90 Å². The first-order valence-electron chi connectivity index (χ1n) is 8.99. The molecular weight excluding hydrogens is 340 g/mol. The van der Waals surface area contributed by atoms with Crippen molar-refractivity contribution in [3.05, 3.63) is 54.2 Å². The average molecular weight is 362 g/mol. The highest BCUT2D eigenvalue weighted by atomic mass is 16.3. The smallest absolute Gasteiger partial charge is 0.245 e. The molecule has 1 fully saturated rings. The Bertz CT molecular complexity index is 1060. The van der Waals surface area contributed by atoms with E-state index < -0.39 is 0 Å². The Morgan fingerprint density at radius 1 is 1.37 bits per heavy atom. The molecule has 2 N–H and O–H groups in total. The molecule has 0 aliphatic carbocycles. The van der Waals surface area contributed by atoms with Crippen molar-refractivity contribution >= 4 is 16.9 Å². The molecule has 3 aromatic rings. The molecule has 27 heavy (non-hydrogen) atoms. The number of H-pyrrole nitrogens is 1. The highest BCUT2D eigenvalue weighted by molar-refractivity contribution is 5.88. The molecular formula is C21H22N4O2. The van der Waals surface area contributed by atoms with E-state index in [1.165, 1.54) is 6.08 Å². The van der Waals surface area contributed by atoms with E-state index in [-0.39, 0.29) is 17.1 Å². The number of hydrogen-bond donors (Lipinski definition) is 2. The lowest BCUT2D eigenvalue weighted by Gasteiger charge is -2.24. The molecule has 1 aromatic carbocycles. The number of rotatable bonds is 3. The van der Waals surface area contributed by atoms with Crippen LogP contribution in [-0.4, -0.2) is 44.2 Å². The Labute approximate surface area is 157 Å². The van der Waals surface area contributed by atoms with Crippen molar-refractivity contribution in [2.24, 2.45) is 0 Å². The van der Waals surface area contributed by atoms with E-state index in [0.29, 0.717) is 24.3 Å². The number of hydrogen-bond acceptors (Lipinski definition) is 4. The van der Waals surface area contributed by atoms with Crippen LogP contribution < -0.4 is 0 Å². The molecule has 4 rings (SSSR count). The van der Waals surface area contributed by atoms with Crippen molar-refractivity contribution < 1.29 is 9.90 Å². The maximum absolute atomic E-state index is 12.0. The van der Waals surface area contributed by atoms with Gasteiger partial charge in [-0.2, -0.15) is 0 Å². The van der Waals surface area contributed by atoms with Crippen LogP contribution in [0.15, 0.2) is 43.0 Å². The van der Waals surface area contributed by atoms with Gasteiger partial charge in [-0.3, -0.25) is 4.79 Å².